The Morgan fingerprint density at radius 2 is 1.84 bits per heavy atom. The number of aliphatic hydroxyl groups excluding tert-OH is 1. The number of halogens is 2. The third-order valence-electron chi connectivity index (χ3n) is 3.10. The SMILES string of the molecule is COc1ccc(C(O)c2cccc(Cl)c2C)cc1Cl. The first-order valence-corrected chi connectivity index (χ1v) is 6.56. The lowest BCUT2D eigenvalue weighted by Crippen LogP contribution is -2.02. The molecule has 2 aromatic carbocycles. The third kappa shape index (κ3) is 2.86. The first-order valence-electron chi connectivity index (χ1n) is 5.81. The molecular weight excluding hydrogens is 283 g/mol. The molecule has 0 heterocycles. The fourth-order valence-corrected chi connectivity index (χ4v) is 2.40. The Labute approximate surface area is 122 Å². The van der Waals surface area contributed by atoms with Gasteiger partial charge in [0.2, 0.25) is 0 Å². The summed E-state index contributed by atoms with van der Waals surface area (Å²) in [6.45, 7) is 1.88. The molecule has 0 aliphatic carbocycles. The molecule has 0 saturated heterocycles. The Morgan fingerprint density at radius 3 is 2.47 bits per heavy atom. The van der Waals surface area contributed by atoms with Crippen molar-refractivity contribution >= 4 is 23.2 Å². The zero-order chi connectivity index (χ0) is 14.0. The molecule has 1 atom stereocenters. The van der Waals surface area contributed by atoms with E-state index in [0.29, 0.717) is 21.4 Å². The minimum atomic E-state index is -0.762. The van der Waals surface area contributed by atoms with E-state index in [2.05, 4.69) is 0 Å². The van der Waals surface area contributed by atoms with Crippen LogP contribution in [0.1, 0.15) is 22.8 Å². The monoisotopic (exact) mass is 296 g/mol. The lowest BCUT2D eigenvalue weighted by atomic mass is 9.97. The Hall–Kier alpha value is -1.22. The van der Waals surface area contributed by atoms with Gasteiger partial charge in [-0.2, -0.15) is 0 Å². The summed E-state index contributed by atoms with van der Waals surface area (Å²) in [5.74, 6) is 0.584. The smallest absolute Gasteiger partial charge is 0.137 e. The molecule has 0 spiro atoms. The number of aliphatic hydroxyl groups is 1. The highest BCUT2D eigenvalue weighted by Crippen LogP contribution is 2.32. The van der Waals surface area contributed by atoms with E-state index in [1.54, 1.807) is 31.4 Å². The molecule has 19 heavy (non-hydrogen) atoms. The normalized spacial score (nSPS) is 12.3. The molecule has 0 aromatic heterocycles. The van der Waals surface area contributed by atoms with Crippen LogP contribution < -0.4 is 4.74 Å². The molecule has 1 N–H and O–H groups in total. The van der Waals surface area contributed by atoms with Gasteiger partial charge in [0.05, 0.1) is 12.1 Å². The highest BCUT2D eigenvalue weighted by molar-refractivity contribution is 6.32. The van der Waals surface area contributed by atoms with Gasteiger partial charge in [-0.1, -0.05) is 41.4 Å². The lowest BCUT2D eigenvalue weighted by molar-refractivity contribution is 0.219. The molecule has 2 aromatic rings. The summed E-state index contributed by atoms with van der Waals surface area (Å²) in [4.78, 5) is 0. The minimum Gasteiger partial charge on any atom is -0.495 e. The van der Waals surface area contributed by atoms with Crippen LogP contribution in [-0.2, 0) is 0 Å². The molecule has 2 nitrogen and oxygen atoms in total. The predicted octanol–water partition coefficient (Wildman–Crippen LogP) is 4.39. The first-order chi connectivity index (χ1) is 9.04. The van der Waals surface area contributed by atoms with Crippen molar-refractivity contribution in [3.63, 3.8) is 0 Å². The summed E-state index contributed by atoms with van der Waals surface area (Å²) >= 11 is 12.1. The topological polar surface area (TPSA) is 29.5 Å². The summed E-state index contributed by atoms with van der Waals surface area (Å²) < 4.78 is 5.09. The van der Waals surface area contributed by atoms with Crippen molar-refractivity contribution in [2.75, 3.05) is 7.11 Å². The van der Waals surface area contributed by atoms with Crippen molar-refractivity contribution in [3.8, 4) is 5.75 Å². The van der Waals surface area contributed by atoms with Crippen LogP contribution in [-0.4, -0.2) is 12.2 Å². The van der Waals surface area contributed by atoms with Gasteiger partial charge in [0, 0.05) is 5.02 Å². The van der Waals surface area contributed by atoms with Gasteiger partial charge in [0.1, 0.15) is 11.9 Å². The number of benzene rings is 2. The number of rotatable bonds is 3. The zero-order valence-corrected chi connectivity index (χ0v) is 12.2. The molecule has 4 heteroatoms. The van der Waals surface area contributed by atoms with E-state index in [-0.39, 0.29) is 0 Å². The van der Waals surface area contributed by atoms with E-state index in [1.165, 1.54) is 0 Å². The maximum atomic E-state index is 10.4. The van der Waals surface area contributed by atoms with Gasteiger partial charge in [-0.3, -0.25) is 0 Å². The molecular formula is C15H14Cl2O2. The molecule has 0 saturated carbocycles. The zero-order valence-electron chi connectivity index (χ0n) is 10.7. The second-order valence-corrected chi connectivity index (χ2v) is 5.06. The van der Waals surface area contributed by atoms with E-state index in [9.17, 15) is 5.11 Å². The Balaban J connectivity index is 2.41. The number of hydrogen-bond acceptors (Lipinski definition) is 2. The van der Waals surface area contributed by atoms with Crippen molar-refractivity contribution in [2.45, 2.75) is 13.0 Å². The van der Waals surface area contributed by atoms with E-state index in [4.69, 9.17) is 27.9 Å². The second-order valence-electron chi connectivity index (χ2n) is 4.25. The summed E-state index contributed by atoms with van der Waals surface area (Å²) in [6, 6.07) is 10.7. The van der Waals surface area contributed by atoms with Crippen molar-refractivity contribution in [2.24, 2.45) is 0 Å². The molecule has 0 radical (unpaired) electrons. The fraction of sp³-hybridized carbons (Fsp3) is 0.200. The maximum absolute atomic E-state index is 10.4. The van der Waals surface area contributed by atoms with Gasteiger partial charge in [-0.25, -0.2) is 0 Å². The molecule has 0 bridgehead atoms. The van der Waals surface area contributed by atoms with Crippen LogP contribution >= 0.6 is 23.2 Å². The van der Waals surface area contributed by atoms with Crippen LogP contribution in [0.25, 0.3) is 0 Å². The molecule has 0 aliphatic heterocycles. The molecule has 100 valence electrons. The van der Waals surface area contributed by atoms with Gasteiger partial charge in [0.25, 0.3) is 0 Å². The molecule has 0 aliphatic rings. The van der Waals surface area contributed by atoms with Gasteiger partial charge < -0.3 is 9.84 Å². The molecule has 0 fully saturated rings. The maximum Gasteiger partial charge on any atom is 0.137 e. The van der Waals surface area contributed by atoms with Crippen molar-refractivity contribution in [1.29, 1.82) is 0 Å². The summed E-state index contributed by atoms with van der Waals surface area (Å²) in [7, 11) is 1.55. The summed E-state index contributed by atoms with van der Waals surface area (Å²) in [6.07, 6.45) is -0.762. The van der Waals surface area contributed by atoms with Gasteiger partial charge in [-0.05, 0) is 41.8 Å². The summed E-state index contributed by atoms with van der Waals surface area (Å²) in [5, 5.41) is 11.5. The van der Waals surface area contributed by atoms with Gasteiger partial charge in [0.15, 0.2) is 0 Å². The Kier molecular flexibility index (Phi) is 4.35. The standard InChI is InChI=1S/C15H14Cl2O2/c1-9-11(4-3-5-12(9)16)15(18)10-6-7-14(19-2)13(17)8-10/h3-8,15,18H,1-2H3. The number of methoxy groups -OCH3 is 1. The van der Waals surface area contributed by atoms with Crippen LogP contribution in [0.5, 0.6) is 5.75 Å². The van der Waals surface area contributed by atoms with Gasteiger partial charge in [-0.15, -0.1) is 0 Å². The van der Waals surface area contributed by atoms with Crippen LogP contribution in [0, 0.1) is 6.92 Å². The largest absolute Gasteiger partial charge is 0.495 e. The average Bonchev–Trinajstić information content (AvgIpc) is 2.41. The first kappa shape index (κ1) is 14.2. The quantitative estimate of drug-likeness (QED) is 0.910. The average molecular weight is 297 g/mol. The summed E-state index contributed by atoms with van der Waals surface area (Å²) in [5.41, 5.74) is 2.34. The molecule has 0 amide bonds. The van der Waals surface area contributed by atoms with E-state index in [0.717, 1.165) is 11.1 Å². The Bertz CT molecular complexity index is 597. The van der Waals surface area contributed by atoms with Crippen molar-refractivity contribution in [3.05, 3.63) is 63.1 Å². The third-order valence-corrected chi connectivity index (χ3v) is 3.80. The van der Waals surface area contributed by atoms with E-state index in [1.807, 2.05) is 19.1 Å². The van der Waals surface area contributed by atoms with E-state index >= 15 is 0 Å². The van der Waals surface area contributed by atoms with E-state index < -0.39 is 6.10 Å². The minimum absolute atomic E-state index is 0.471. The van der Waals surface area contributed by atoms with Crippen LogP contribution in [0.4, 0.5) is 0 Å². The number of hydrogen-bond donors (Lipinski definition) is 1. The highest BCUT2D eigenvalue weighted by Gasteiger charge is 2.15. The highest BCUT2D eigenvalue weighted by atomic mass is 35.5. The van der Waals surface area contributed by atoms with Crippen LogP contribution in [0.3, 0.4) is 0 Å². The van der Waals surface area contributed by atoms with Crippen molar-refractivity contribution < 1.29 is 9.84 Å². The lowest BCUT2D eigenvalue weighted by Gasteiger charge is -2.16. The van der Waals surface area contributed by atoms with Crippen molar-refractivity contribution in [1.82, 2.24) is 0 Å². The van der Waals surface area contributed by atoms with Crippen LogP contribution in [0.2, 0.25) is 10.0 Å². The molecule has 1 unspecified atom stereocenters. The molecule has 2 rings (SSSR count). The number of ether oxygens (including phenoxy) is 1. The predicted molar refractivity (Wildman–Crippen MR) is 78.3 cm³/mol. The second kappa shape index (κ2) is 5.83. The fourth-order valence-electron chi connectivity index (χ4n) is 1.95. The van der Waals surface area contributed by atoms with Gasteiger partial charge >= 0.3 is 0 Å². The van der Waals surface area contributed by atoms with Crippen LogP contribution in [0.15, 0.2) is 36.4 Å². The Morgan fingerprint density at radius 1 is 1.11 bits per heavy atom.